The molecule has 1 aliphatic rings. The molecule has 6 nitrogen and oxygen atoms in total. The third kappa shape index (κ3) is 4.11. The van der Waals surface area contributed by atoms with Gasteiger partial charge in [0.05, 0.1) is 10.6 Å². The minimum absolute atomic E-state index is 0.379. The SMILES string of the molecule is Cc1noc(C)c1CNCc1ccc(S(=O)(=O)N2CCCCC2)cc1. The van der Waals surface area contributed by atoms with E-state index >= 15 is 0 Å². The van der Waals surface area contributed by atoms with Crippen molar-refractivity contribution in [3.8, 4) is 0 Å². The molecule has 7 heteroatoms. The van der Waals surface area contributed by atoms with Crippen LogP contribution in [-0.4, -0.2) is 31.0 Å². The monoisotopic (exact) mass is 363 g/mol. The summed E-state index contributed by atoms with van der Waals surface area (Å²) in [4.78, 5) is 0.379. The van der Waals surface area contributed by atoms with Crippen LogP contribution in [0.3, 0.4) is 0 Å². The Bertz CT molecular complexity index is 787. The number of rotatable bonds is 6. The molecular formula is C18H25N3O3S. The zero-order chi connectivity index (χ0) is 17.9. The van der Waals surface area contributed by atoms with E-state index in [-0.39, 0.29) is 0 Å². The fourth-order valence-corrected chi connectivity index (χ4v) is 4.64. The quantitative estimate of drug-likeness (QED) is 0.854. The lowest BCUT2D eigenvalue weighted by Gasteiger charge is -2.25. The van der Waals surface area contributed by atoms with Gasteiger partial charge in [-0.2, -0.15) is 4.31 Å². The van der Waals surface area contributed by atoms with Crippen LogP contribution >= 0.6 is 0 Å². The molecule has 3 rings (SSSR count). The first kappa shape index (κ1) is 18.1. The fraction of sp³-hybridized carbons (Fsp3) is 0.500. The van der Waals surface area contributed by atoms with Gasteiger partial charge in [-0.15, -0.1) is 0 Å². The van der Waals surface area contributed by atoms with Crippen molar-refractivity contribution in [1.82, 2.24) is 14.8 Å². The number of aryl methyl sites for hydroxylation is 2. The molecule has 0 spiro atoms. The van der Waals surface area contributed by atoms with E-state index in [1.165, 1.54) is 0 Å². The van der Waals surface area contributed by atoms with E-state index in [1.807, 2.05) is 26.0 Å². The molecule has 0 unspecified atom stereocenters. The number of piperidine rings is 1. The molecule has 0 amide bonds. The van der Waals surface area contributed by atoms with E-state index in [9.17, 15) is 8.42 Å². The predicted molar refractivity (Wildman–Crippen MR) is 95.6 cm³/mol. The molecule has 1 N–H and O–H groups in total. The Balaban J connectivity index is 1.60. The molecule has 2 heterocycles. The summed E-state index contributed by atoms with van der Waals surface area (Å²) in [6.45, 7) is 6.42. The summed E-state index contributed by atoms with van der Waals surface area (Å²) >= 11 is 0. The number of nitrogens with zero attached hydrogens (tertiary/aromatic N) is 2. The highest BCUT2D eigenvalue weighted by Crippen LogP contribution is 2.21. The van der Waals surface area contributed by atoms with Crippen LogP contribution in [-0.2, 0) is 23.1 Å². The van der Waals surface area contributed by atoms with E-state index in [0.29, 0.717) is 31.1 Å². The average Bonchev–Trinajstić information content (AvgIpc) is 2.95. The van der Waals surface area contributed by atoms with E-state index in [1.54, 1.807) is 16.4 Å². The Morgan fingerprint density at radius 2 is 1.76 bits per heavy atom. The van der Waals surface area contributed by atoms with Crippen molar-refractivity contribution in [1.29, 1.82) is 0 Å². The zero-order valence-electron chi connectivity index (χ0n) is 14.8. The maximum atomic E-state index is 12.6. The predicted octanol–water partition coefficient (Wildman–Crippen LogP) is 2.76. The average molecular weight is 363 g/mol. The number of nitrogens with one attached hydrogen (secondary N) is 1. The molecule has 1 aromatic carbocycles. The fourth-order valence-electron chi connectivity index (χ4n) is 3.12. The van der Waals surface area contributed by atoms with E-state index in [4.69, 9.17) is 4.52 Å². The van der Waals surface area contributed by atoms with Crippen LogP contribution in [0.4, 0.5) is 0 Å². The van der Waals surface area contributed by atoms with Crippen LogP contribution < -0.4 is 5.32 Å². The lowest BCUT2D eigenvalue weighted by atomic mass is 10.2. The van der Waals surface area contributed by atoms with Crippen molar-refractivity contribution in [2.24, 2.45) is 0 Å². The number of hydrogen-bond donors (Lipinski definition) is 1. The lowest BCUT2D eigenvalue weighted by Crippen LogP contribution is -2.35. The van der Waals surface area contributed by atoms with Gasteiger partial charge in [-0.3, -0.25) is 0 Å². The molecule has 136 valence electrons. The standard InChI is InChI=1S/C18H25N3O3S/c1-14-18(15(2)24-20-14)13-19-12-16-6-8-17(9-7-16)25(22,23)21-10-4-3-5-11-21/h6-9,19H,3-5,10-13H2,1-2H3. The van der Waals surface area contributed by atoms with Crippen molar-refractivity contribution in [2.45, 2.75) is 51.1 Å². The summed E-state index contributed by atoms with van der Waals surface area (Å²) in [7, 11) is -3.35. The summed E-state index contributed by atoms with van der Waals surface area (Å²) in [5.41, 5.74) is 3.02. The molecule has 1 saturated heterocycles. The number of hydrogen-bond acceptors (Lipinski definition) is 5. The van der Waals surface area contributed by atoms with E-state index < -0.39 is 10.0 Å². The minimum Gasteiger partial charge on any atom is -0.361 e. The first-order valence-electron chi connectivity index (χ1n) is 8.70. The van der Waals surface area contributed by atoms with Gasteiger partial charge in [-0.05, 0) is 44.4 Å². The summed E-state index contributed by atoms with van der Waals surface area (Å²) < 4.78 is 32.0. The van der Waals surface area contributed by atoms with Gasteiger partial charge in [0.2, 0.25) is 10.0 Å². The van der Waals surface area contributed by atoms with Crippen LogP contribution in [0.1, 0.15) is 41.8 Å². The normalized spacial score (nSPS) is 16.2. The van der Waals surface area contributed by atoms with Gasteiger partial charge in [0, 0.05) is 31.7 Å². The highest BCUT2D eigenvalue weighted by atomic mass is 32.2. The molecule has 0 bridgehead atoms. The Labute approximate surface area is 149 Å². The second-order valence-corrected chi connectivity index (χ2v) is 8.45. The third-order valence-electron chi connectivity index (χ3n) is 4.69. The Morgan fingerprint density at radius 3 is 2.36 bits per heavy atom. The Hall–Kier alpha value is -1.70. The maximum Gasteiger partial charge on any atom is 0.243 e. The highest BCUT2D eigenvalue weighted by Gasteiger charge is 2.25. The van der Waals surface area contributed by atoms with Crippen LogP contribution in [0.25, 0.3) is 0 Å². The van der Waals surface area contributed by atoms with Gasteiger partial charge in [-0.1, -0.05) is 23.7 Å². The molecule has 25 heavy (non-hydrogen) atoms. The van der Waals surface area contributed by atoms with E-state index in [0.717, 1.165) is 41.8 Å². The lowest BCUT2D eigenvalue weighted by molar-refractivity contribution is 0.346. The molecule has 0 aliphatic carbocycles. The molecule has 0 saturated carbocycles. The van der Waals surface area contributed by atoms with Gasteiger partial charge >= 0.3 is 0 Å². The van der Waals surface area contributed by atoms with Gasteiger partial charge in [0.25, 0.3) is 0 Å². The summed E-state index contributed by atoms with van der Waals surface area (Å²) in [5.74, 6) is 0.827. The molecule has 1 aliphatic heterocycles. The van der Waals surface area contributed by atoms with Crippen molar-refractivity contribution in [3.63, 3.8) is 0 Å². The Kier molecular flexibility index (Phi) is 5.56. The molecule has 2 aromatic rings. The van der Waals surface area contributed by atoms with Crippen molar-refractivity contribution >= 4 is 10.0 Å². The maximum absolute atomic E-state index is 12.6. The van der Waals surface area contributed by atoms with Crippen LogP contribution in [0.15, 0.2) is 33.7 Å². The summed E-state index contributed by atoms with van der Waals surface area (Å²) in [6.07, 6.45) is 3.01. The van der Waals surface area contributed by atoms with Crippen LogP contribution in [0, 0.1) is 13.8 Å². The summed E-state index contributed by atoms with van der Waals surface area (Å²) in [5, 5.41) is 7.29. The van der Waals surface area contributed by atoms with Gasteiger partial charge in [0.1, 0.15) is 5.76 Å². The molecular weight excluding hydrogens is 338 g/mol. The second-order valence-electron chi connectivity index (χ2n) is 6.51. The summed E-state index contributed by atoms with van der Waals surface area (Å²) in [6, 6.07) is 7.15. The van der Waals surface area contributed by atoms with Crippen molar-refractivity contribution in [2.75, 3.05) is 13.1 Å². The number of sulfonamides is 1. The zero-order valence-corrected chi connectivity index (χ0v) is 15.6. The molecule has 0 radical (unpaired) electrons. The molecule has 0 atom stereocenters. The number of aromatic nitrogens is 1. The second kappa shape index (κ2) is 7.68. The topological polar surface area (TPSA) is 75.4 Å². The first-order chi connectivity index (χ1) is 12.0. The van der Waals surface area contributed by atoms with Crippen molar-refractivity contribution in [3.05, 3.63) is 46.8 Å². The largest absolute Gasteiger partial charge is 0.361 e. The molecule has 1 aromatic heterocycles. The van der Waals surface area contributed by atoms with Crippen molar-refractivity contribution < 1.29 is 12.9 Å². The highest BCUT2D eigenvalue weighted by molar-refractivity contribution is 7.89. The number of benzene rings is 1. The Morgan fingerprint density at radius 1 is 1.08 bits per heavy atom. The first-order valence-corrected chi connectivity index (χ1v) is 10.1. The van der Waals surface area contributed by atoms with Crippen LogP contribution in [0.5, 0.6) is 0 Å². The smallest absolute Gasteiger partial charge is 0.243 e. The third-order valence-corrected chi connectivity index (χ3v) is 6.60. The minimum atomic E-state index is -3.35. The van der Waals surface area contributed by atoms with Gasteiger partial charge < -0.3 is 9.84 Å². The van der Waals surface area contributed by atoms with Gasteiger partial charge in [-0.25, -0.2) is 8.42 Å². The van der Waals surface area contributed by atoms with Crippen LogP contribution in [0.2, 0.25) is 0 Å². The molecule has 1 fully saturated rings. The van der Waals surface area contributed by atoms with Gasteiger partial charge in [0.15, 0.2) is 0 Å². The van der Waals surface area contributed by atoms with E-state index in [2.05, 4.69) is 10.5 Å².